The van der Waals surface area contributed by atoms with Gasteiger partial charge in [-0.1, -0.05) is 52.7 Å². The summed E-state index contributed by atoms with van der Waals surface area (Å²) in [7, 11) is 0. The van der Waals surface area contributed by atoms with Gasteiger partial charge in [0, 0.05) is 0 Å². The smallest absolute Gasteiger partial charge is 0.326 e. The number of esters is 1. The molecule has 1 aromatic carbocycles. The van der Waals surface area contributed by atoms with Crippen LogP contribution in [-0.2, 0) is 26.3 Å². The Labute approximate surface area is 179 Å². The summed E-state index contributed by atoms with van der Waals surface area (Å²) >= 11 is 0. The van der Waals surface area contributed by atoms with Crippen molar-refractivity contribution >= 4 is 17.9 Å². The van der Waals surface area contributed by atoms with E-state index in [4.69, 9.17) is 4.74 Å². The highest BCUT2D eigenvalue weighted by atomic mass is 16.5. The number of nitrogens with one attached hydrogen (secondary N) is 1. The molecule has 0 aromatic heterocycles. The van der Waals surface area contributed by atoms with Crippen LogP contribution in [0.1, 0.15) is 75.6 Å². The standard InChI is InChI=1S/C24H34N2O4/c1-15-11-18(23(4,5)6)12-16(2)19(15)14-30-20(27)13-26-21(28)24(25-22(26)29)10-8-7-9-17(24)3/h11-12,17H,7-10,13-14H2,1-6H3,(H,25,29)/t17-,24-/m1/s1. The SMILES string of the molecule is Cc1cc(C(C)(C)C)cc(C)c1COC(=O)CN1C(=O)N[C@@]2(CCCC[C@H]2C)C1=O. The van der Waals surface area contributed by atoms with Gasteiger partial charge in [0.15, 0.2) is 0 Å². The van der Waals surface area contributed by atoms with Gasteiger partial charge in [0.1, 0.15) is 18.7 Å². The van der Waals surface area contributed by atoms with E-state index in [9.17, 15) is 14.4 Å². The van der Waals surface area contributed by atoms with E-state index >= 15 is 0 Å². The van der Waals surface area contributed by atoms with E-state index in [0.717, 1.165) is 40.9 Å². The molecule has 3 rings (SSSR count). The number of urea groups is 1. The minimum Gasteiger partial charge on any atom is -0.459 e. The van der Waals surface area contributed by atoms with Gasteiger partial charge in [-0.2, -0.15) is 0 Å². The Morgan fingerprint density at radius 2 is 1.83 bits per heavy atom. The van der Waals surface area contributed by atoms with Crippen LogP contribution in [0.2, 0.25) is 0 Å². The van der Waals surface area contributed by atoms with E-state index < -0.39 is 17.5 Å². The van der Waals surface area contributed by atoms with Crippen LogP contribution in [0.5, 0.6) is 0 Å². The first-order chi connectivity index (χ1) is 14.0. The Balaban J connectivity index is 1.65. The Bertz CT molecular complexity index is 847. The van der Waals surface area contributed by atoms with Crippen molar-refractivity contribution in [3.8, 4) is 0 Å². The van der Waals surface area contributed by atoms with E-state index in [-0.39, 0.29) is 30.4 Å². The molecule has 6 heteroatoms. The molecule has 1 aromatic rings. The predicted molar refractivity (Wildman–Crippen MR) is 115 cm³/mol. The lowest BCUT2D eigenvalue weighted by Crippen LogP contribution is -2.54. The molecule has 3 amide bonds. The van der Waals surface area contributed by atoms with Crippen LogP contribution in [0.25, 0.3) is 0 Å². The van der Waals surface area contributed by atoms with Crippen molar-refractivity contribution in [3.63, 3.8) is 0 Å². The van der Waals surface area contributed by atoms with Gasteiger partial charge in [0.2, 0.25) is 0 Å². The molecule has 164 valence electrons. The number of rotatable bonds is 4. The van der Waals surface area contributed by atoms with E-state index in [1.807, 2.05) is 20.8 Å². The molecule has 2 atom stereocenters. The molecule has 2 aliphatic rings. The van der Waals surface area contributed by atoms with Gasteiger partial charge in [-0.05, 0) is 60.3 Å². The van der Waals surface area contributed by atoms with Crippen molar-refractivity contribution in [2.45, 2.75) is 84.8 Å². The van der Waals surface area contributed by atoms with Gasteiger partial charge in [0.25, 0.3) is 5.91 Å². The summed E-state index contributed by atoms with van der Waals surface area (Å²) in [5.41, 5.74) is 3.52. The first-order valence-electron chi connectivity index (χ1n) is 10.9. The fourth-order valence-corrected chi connectivity index (χ4v) is 4.62. The second kappa shape index (κ2) is 8.05. The lowest BCUT2D eigenvalue weighted by Gasteiger charge is -2.36. The van der Waals surface area contributed by atoms with Crippen molar-refractivity contribution in [2.24, 2.45) is 5.92 Å². The zero-order valence-electron chi connectivity index (χ0n) is 19.1. The highest BCUT2D eigenvalue weighted by molar-refractivity contribution is 6.08. The maximum Gasteiger partial charge on any atom is 0.326 e. The molecular formula is C24H34N2O4. The molecule has 1 saturated carbocycles. The van der Waals surface area contributed by atoms with Crippen LogP contribution >= 0.6 is 0 Å². The summed E-state index contributed by atoms with van der Waals surface area (Å²) in [6.45, 7) is 12.3. The predicted octanol–water partition coefficient (Wildman–Crippen LogP) is 4.14. The molecule has 1 spiro atoms. The van der Waals surface area contributed by atoms with Crippen molar-refractivity contribution in [2.75, 3.05) is 6.54 Å². The zero-order chi connectivity index (χ0) is 22.3. The first-order valence-corrected chi connectivity index (χ1v) is 10.9. The van der Waals surface area contributed by atoms with Crippen molar-refractivity contribution in [3.05, 3.63) is 34.4 Å². The van der Waals surface area contributed by atoms with Gasteiger partial charge in [-0.3, -0.25) is 14.5 Å². The van der Waals surface area contributed by atoms with Crippen molar-refractivity contribution in [1.29, 1.82) is 0 Å². The zero-order valence-corrected chi connectivity index (χ0v) is 19.1. The fourth-order valence-electron chi connectivity index (χ4n) is 4.62. The number of carbonyl (C=O) groups is 3. The van der Waals surface area contributed by atoms with Gasteiger partial charge in [-0.25, -0.2) is 4.79 Å². The molecule has 1 heterocycles. The third-order valence-electron chi connectivity index (χ3n) is 6.73. The van der Waals surface area contributed by atoms with E-state index in [0.29, 0.717) is 6.42 Å². The summed E-state index contributed by atoms with van der Waals surface area (Å²) in [5, 5.41) is 2.87. The largest absolute Gasteiger partial charge is 0.459 e. The van der Waals surface area contributed by atoms with Gasteiger partial charge in [0.05, 0.1) is 0 Å². The first kappa shape index (κ1) is 22.3. The molecule has 1 N–H and O–H groups in total. The van der Waals surface area contributed by atoms with Crippen LogP contribution in [0.15, 0.2) is 12.1 Å². The Kier molecular flexibility index (Phi) is 5.99. The van der Waals surface area contributed by atoms with Crippen molar-refractivity contribution < 1.29 is 19.1 Å². The third-order valence-corrected chi connectivity index (χ3v) is 6.73. The van der Waals surface area contributed by atoms with Crippen LogP contribution in [0.3, 0.4) is 0 Å². The molecule has 6 nitrogen and oxygen atoms in total. The number of imide groups is 1. The van der Waals surface area contributed by atoms with Gasteiger partial charge >= 0.3 is 12.0 Å². The van der Waals surface area contributed by atoms with Crippen LogP contribution < -0.4 is 5.32 Å². The minimum absolute atomic E-state index is 0.0421. The Hall–Kier alpha value is -2.37. The number of ether oxygens (including phenoxy) is 1. The quantitative estimate of drug-likeness (QED) is 0.593. The van der Waals surface area contributed by atoms with Crippen LogP contribution in [0, 0.1) is 19.8 Å². The van der Waals surface area contributed by atoms with E-state index in [1.54, 1.807) is 0 Å². The number of hydrogen-bond acceptors (Lipinski definition) is 4. The molecule has 2 fully saturated rings. The maximum absolute atomic E-state index is 13.0. The van der Waals surface area contributed by atoms with E-state index in [1.165, 1.54) is 5.56 Å². The summed E-state index contributed by atoms with van der Waals surface area (Å²) in [5.74, 6) is -0.799. The number of aryl methyl sites for hydroxylation is 2. The molecule has 0 bridgehead atoms. The lowest BCUT2D eigenvalue weighted by atomic mass is 9.73. The highest BCUT2D eigenvalue weighted by Gasteiger charge is 2.55. The number of amides is 3. The number of benzene rings is 1. The molecule has 1 aliphatic heterocycles. The average molecular weight is 415 g/mol. The Morgan fingerprint density at radius 3 is 2.40 bits per heavy atom. The highest BCUT2D eigenvalue weighted by Crippen LogP contribution is 2.38. The fraction of sp³-hybridized carbons (Fsp3) is 0.625. The molecule has 1 aliphatic carbocycles. The lowest BCUT2D eigenvalue weighted by molar-refractivity contribution is -0.149. The van der Waals surface area contributed by atoms with E-state index in [2.05, 4.69) is 38.2 Å². The second-order valence-corrected chi connectivity index (χ2v) is 9.94. The minimum atomic E-state index is -0.856. The number of nitrogens with zero attached hydrogens (tertiary/aromatic N) is 1. The van der Waals surface area contributed by atoms with Gasteiger partial charge in [-0.15, -0.1) is 0 Å². The summed E-state index contributed by atoms with van der Waals surface area (Å²) < 4.78 is 5.46. The topological polar surface area (TPSA) is 75.7 Å². The molecular weight excluding hydrogens is 380 g/mol. The number of carbonyl (C=O) groups excluding carboxylic acids is 3. The summed E-state index contributed by atoms with van der Waals surface area (Å²) in [6.07, 6.45) is 3.48. The molecule has 0 unspecified atom stereocenters. The monoisotopic (exact) mass is 414 g/mol. The normalized spacial score (nSPS) is 24.3. The average Bonchev–Trinajstić information content (AvgIpc) is 2.87. The molecule has 0 radical (unpaired) electrons. The second-order valence-electron chi connectivity index (χ2n) is 9.94. The van der Waals surface area contributed by atoms with Crippen molar-refractivity contribution in [1.82, 2.24) is 10.2 Å². The molecule has 30 heavy (non-hydrogen) atoms. The van der Waals surface area contributed by atoms with Gasteiger partial charge < -0.3 is 10.1 Å². The molecule has 1 saturated heterocycles. The number of hydrogen-bond donors (Lipinski definition) is 1. The Morgan fingerprint density at radius 1 is 1.20 bits per heavy atom. The third kappa shape index (κ3) is 4.09. The van der Waals surface area contributed by atoms with Crippen LogP contribution in [-0.4, -0.2) is 34.9 Å². The summed E-state index contributed by atoms with van der Waals surface area (Å²) in [6, 6.07) is 3.76. The maximum atomic E-state index is 13.0. The van der Waals surface area contributed by atoms with Crippen LogP contribution in [0.4, 0.5) is 4.79 Å². The summed E-state index contributed by atoms with van der Waals surface area (Å²) in [4.78, 5) is 38.9.